The number of carbonyl (C=O) groups is 1. The van der Waals surface area contributed by atoms with Crippen LogP contribution in [0.1, 0.15) is 24.9 Å². The van der Waals surface area contributed by atoms with Gasteiger partial charge in [0, 0.05) is 44.2 Å². The van der Waals surface area contributed by atoms with Crippen LogP contribution in [0.25, 0.3) is 11.2 Å². The van der Waals surface area contributed by atoms with Gasteiger partial charge in [-0.1, -0.05) is 34.8 Å². The molecule has 3 aromatic rings. The number of nitrogens with zero attached hydrogens (tertiary/aromatic N) is 4. The van der Waals surface area contributed by atoms with Crippen LogP contribution >= 0.6 is 34.8 Å². The smallest absolute Gasteiger partial charge is 0.220 e. The second-order valence-corrected chi connectivity index (χ2v) is 8.51. The first-order valence-electron chi connectivity index (χ1n) is 9.57. The Bertz CT molecular complexity index is 1100. The van der Waals surface area contributed by atoms with Crippen LogP contribution in [-0.2, 0) is 4.79 Å². The van der Waals surface area contributed by atoms with Gasteiger partial charge in [-0.3, -0.25) is 4.79 Å². The van der Waals surface area contributed by atoms with Crippen molar-refractivity contribution in [3.63, 3.8) is 0 Å². The third-order valence-electron chi connectivity index (χ3n) is 5.28. The summed E-state index contributed by atoms with van der Waals surface area (Å²) in [6, 6.07) is 7.06. The molecule has 30 heavy (non-hydrogen) atoms. The highest BCUT2D eigenvalue weighted by Crippen LogP contribution is 2.40. The molecule has 7 nitrogen and oxygen atoms in total. The Balaban J connectivity index is 1.54. The Morgan fingerprint density at radius 2 is 2.00 bits per heavy atom. The predicted molar refractivity (Wildman–Crippen MR) is 122 cm³/mol. The van der Waals surface area contributed by atoms with E-state index in [0.717, 1.165) is 29.7 Å². The number of nitrogens with one attached hydrogen (secondary N) is 2. The Labute approximate surface area is 189 Å². The maximum absolute atomic E-state index is 12.5. The summed E-state index contributed by atoms with van der Waals surface area (Å²) in [5.41, 5.74) is 3.15. The topological polar surface area (TPSA) is 77.2 Å². The molecule has 0 bridgehead atoms. The van der Waals surface area contributed by atoms with E-state index in [9.17, 15) is 4.79 Å². The van der Waals surface area contributed by atoms with E-state index in [-0.39, 0.29) is 11.9 Å². The first-order valence-corrected chi connectivity index (χ1v) is 10.7. The molecule has 1 amide bonds. The number of hydrogen-bond donors (Lipinski definition) is 2. The van der Waals surface area contributed by atoms with Crippen molar-refractivity contribution in [2.24, 2.45) is 0 Å². The number of H-pyrrole nitrogens is 1. The fourth-order valence-electron chi connectivity index (χ4n) is 3.79. The van der Waals surface area contributed by atoms with Gasteiger partial charge >= 0.3 is 0 Å². The van der Waals surface area contributed by atoms with E-state index in [2.05, 4.69) is 20.3 Å². The van der Waals surface area contributed by atoms with Gasteiger partial charge in [0.1, 0.15) is 5.15 Å². The van der Waals surface area contributed by atoms with Crippen molar-refractivity contribution in [1.29, 1.82) is 0 Å². The molecule has 10 heteroatoms. The number of rotatable bonds is 5. The van der Waals surface area contributed by atoms with Gasteiger partial charge in [0.2, 0.25) is 11.9 Å². The molecular weight excluding hydrogens is 447 g/mol. The SMILES string of the molecule is CC(=O)N(CCN(C)c1nc2nc(Cl)ccc2[nH]1)[C@@H]1CCNc2c(Cl)cc(Cl)cc21. The van der Waals surface area contributed by atoms with Crippen molar-refractivity contribution >= 4 is 63.5 Å². The fourth-order valence-corrected chi connectivity index (χ4v) is 4.51. The summed E-state index contributed by atoms with van der Waals surface area (Å²) in [6.45, 7) is 3.42. The summed E-state index contributed by atoms with van der Waals surface area (Å²) < 4.78 is 0. The van der Waals surface area contributed by atoms with Crippen molar-refractivity contribution in [3.8, 4) is 0 Å². The van der Waals surface area contributed by atoms with E-state index in [1.807, 2.05) is 29.0 Å². The zero-order valence-corrected chi connectivity index (χ0v) is 18.8. The predicted octanol–water partition coefficient (Wildman–Crippen LogP) is 4.76. The average molecular weight is 468 g/mol. The first-order chi connectivity index (χ1) is 14.3. The third-order valence-corrected chi connectivity index (χ3v) is 6.01. The normalized spacial score (nSPS) is 15.6. The first kappa shape index (κ1) is 21.0. The summed E-state index contributed by atoms with van der Waals surface area (Å²) in [4.78, 5) is 28.3. The van der Waals surface area contributed by atoms with E-state index >= 15 is 0 Å². The van der Waals surface area contributed by atoms with Gasteiger partial charge in [0.15, 0.2) is 5.65 Å². The molecule has 2 N–H and O–H groups in total. The summed E-state index contributed by atoms with van der Waals surface area (Å²) in [5.74, 6) is 0.662. The highest BCUT2D eigenvalue weighted by molar-refractivity contribution is 6.36. The van der Waals surface area contributed by atoms with Crippen molar-refractivity contribution in [2.45, 2.75) is 19.4 Å². The Morgan fingerprint density at radius 1 is 1.20 bits per heavy atom. The summed E-state index contributed by atoms with van der Waals surface area (Å²) in [5, 5.41) is 4.84. The molecule has 1 atom stereocenters. The minimum atomic E-state index is -0.0977. The van der Waals surface area contributed by atoms with Crippen LogP contribution in [0.5, 0.6) is 0 Å². The summed E-state index contributed by atoms with van der Waals surface area (Å²) in [7, 11) is 1.92. The summed E-state index contributed by atoms with van der Waals surface area (Å²) in [6.07, 6.45) is 0.778. The largest absolute Gasteiger partial charge is 0.383 e. The van der Waals surface area contributed by atoms with E-state index in [1.54, 1.807) is 19.1 Å². The molecule has 3 heterocycles. The molecule has 0 saturated heterocycles. The maximum atomic E-state index is 12.5. The molecule has 0 aliphatic carbocycles. The molecule has 158 valence electrons. The number of fused-ring (bicyclic) bond motifs is 2. The number of anilines is 2. The minimum absolute atomic E-state index is 0.00426. The number of aromatic amines is 1. The standard InChI is InChI=1S/C20H21Cl3N6O/c1-11(30)29(16-5-6-24-18-13(16)9-12(21)10-14(18)22)8-7-28(2)20-25-15-3-4-17(23)26-19(15)27-20/h3-4,9-10,16,24H,5-8H2,1-2H3,(H,25,26,27)/t16-/m1/s1. The maximum Gasteiger partial charge on any atom is 0.220 e. The lowest BCUT2D eigenvalue weighted by molar-refractivity contribution is -0.131. The van der Waals surface area contributed by atoms with Crippen molar-refractivity contribution in [3.05, 3.63) is 45.0 Å². The molecule has 0 radical (unpaired) electrons. The lowest BCUT2D eigenvalue weighted by Crippen LogP contribution is -2.41. The number of pyridine rings is 1. The van der Waals surface area contributed by atoms with Gasteiger partial charge in [0.25, 0.3) is 0 Å². The fraction of sp³-hybridized carbons (Fsp3) is 0.350. The number of imidazole rings is 1. The second kappa shape index (κ2) is 8.49. The van der Waals surface area contributed by atoms with Crippen LogP contribution in [0.3, 0.4) is 0 Å². The van der Waals surface area contributed by atoms with Gasteiger partial charge in [-0.25, -0.2) is 4.98 Å². The Kier molecular flexibility index (Phi) is 5.95. The number of benzene rings is 1. The lowest BCUT2D eigenvalue weighted by Gasteiger charge is -2.37. The van der Waals surface area contributed by atoms with Gasteiger partial charge in [-0.15, -0.1) is 0 Å². The minimum Gasteiger partial charge on any atom is -0.383 e. The quantitative estimate of drug-likeness (QED) is 0.529. The van der Waals surface area contributed by atoms with Crippen LogP contribution in [0.2, 0.25) is 15.2 Å². The highest BCUT2D eigenvalue weighted by Gasteiger charge is 2.29. The van der Waals surface area contributed by atoms with Gasteiger partial charge < -0.3 is 20.1 Å². The monoisotopic (exact) mass is 466 g/mol. The van der Waals surface area contributed by atoms with Crippen LogP contribution in [0, 0.1) is 0 Å². The van der Waals surface area contributed by atoms with Crippen LogP contribution < -0.4 is 10.2 Å². The van der Waals surface area contributed by atoms with Gasteiger partial charge in [0.05, 0.1) is 22.3 Å². The number of halogens is 3. The number of aromatic nitrogens is 3. The van der Waals surface area contributed by atoms with Crippen molar-refractivity contribution in [1.82, 2.24) is 19.9 Å². The van der Waals surface area contributed by atoms with Crippen molar-refractivity contribution in [2.75, 3.05) is 36.9 Å². The molecular formula is C20H21Cl3N6O. The molecule has 0 saturated carbocycles. The molecule has 0 unspecified atom stereocenters. The van der Waals surface area contributed by atoms with Gasteiger partial charge in [-0.05, 0) is 30.7 Å². The van der Waals surface area contributed by atoms with Crippen molar-refractivity contribution < 1.29 is 4.79 Å². The van der Waals surface area contributed by atoms with E-state index in [0.29, 0.717) is 39.9 Å². The molecule has 1 aliphatic heterocycles. The molecule has 0 spiro atoms. The Hall–Kier alpha value is -2.22. The van der Waals surface area contributed by atoms with Gasteiger partial charge in [-0.2, -0.15) is 4.98 Å². The van der Waals surface area contributed by atoms with E-state index in [1.165, 1.54) is 0 Å². The highest BCUT2D eigenvalue weighted by atomic mass is 35.5. The Morgan fingerprint density at radius 3 is 2.77 bits per heavy atom. The number of hydrogen-bond acceptors (Lipinski definition) is 5. The van der Waals surface area contributed by atoms with Crippen LogP contribution in [-0.4, -0.2) is 52.4 Å². The van der Waals surface area contributed by atoms with Crippen LogP contribution in [0.15, 0.2) is 24.3 Å². The molecule has 1 aromatic carbocycles. The third kappa shape index (κ3) is 4.15. The van der Waals surface area contributed by atoms with Crippen LogP contribution in [0.4, 0.5) is 11.6 Å². The zero-order valence-electron chi connectivity index (χ0n) is 16.5. The molecule has 2 aromatic heterocycles. The molecule has 1 aliphatic rings. The molecule has 0 fully saturated rings. The number of likely N-dealkylation sites (N-methyl/N-ethyl adjacent to an activating group) is 1. The molecule has 4 rings (SSSR count). The van der Waals surface area contributed by atoms with E-state index in [4.69, 9.17) is 34.8 Å². The zero-order chi connectivity index (χ0) is 21.4. The van der Waals surface area contributed by atoms with E-state index < -0.39 is 0 Å². The number of amides is 1. The summed E-state index contributed by atoms with van der Waals surface area (Å²) >= 11 is 18.6. The second-order valence-electron chi connectivity index (χ2n) is 7.28. The number of carbonyl (C=O) groups excluding carboxylic acids is 1. The average Bonchev–Trinajstić information content (AvgIpc) is 3.11. The lowest BCUT2D eigenvalue weighted by atomic mass is 9.96.